The lowest BCUT2D eigenvalue weighted by atomic mass is 9.68. The zero-order valence-corrected chi connectivity index (χ0v) is 16.3. The summed E-state index contributed by atoms with van der Waals surface area (Å²) in [6.45, 7) is 0.320. The molecule has 3 N–H and O–H groups in total. The number of allylic oxidation sites excluding steroid dienone is 2. The van der Waals surface area contributed by atoms with Gasteiger partial charge in [0.25, 0.3) is 5.91 Å². The third-order valence-corrected chi connectivity index (χ3v) is 5.28. The first kappa shape index (κ1) is 21.0. The van der Waals surface area contributed by atoms with Crippen molar-refractivity contribution in [3.8, 4) is 6.07 Å². The Morgan fingerprint density at radius 1 is 1.10 bits per heavy atom. The van der Waals surface area contributed by atoms with Crippen LogP contribution in [0.25, 0.3) is 0 Å². The highest BCUT2D eigenvalue weighted by molar-refractivity contribution is 5.94. The molecule has 0 saturated heterocycles. The first-order chi connectivity index (χ1) is 14.4. The van der Waals surface area contributed by atoms with Crippen LogP contribution in [0, 0.1) is 28.5 Å². The Labute approximate surface area is 174 Å². The summed E-state index contributed by atoms with van der Waals surface area (Å²) < 4.78 is 13.5. The molecule has 0 spiro atoms. The second kappa shape index (κ2) is 9.19. The molecule has 3 rings (SSSR count). The Kier molecular flexibility index (Phi) is 6.43. The molecule has 2 aromatic carbocycles. The number of amides is 2. The molecule has 1 atom stereocenters. The van der Waals surface area contributed by atoms with Crippen LogP contribution in [-0.4, -0.2) is 18.4 Å². The SMILES string of the molecule is N#CC1(C(CCNC(=O)c2ccccc2)c2ccc(F)cc2)C=CC(C(N)=O)C=C1. The second-order valence-electron chi connectivity index (χ2n) is 7.21. The minimum atomic E-state index is -1.04. The van der Waals surface area contributed by atoms with Crippen molar-refractivity contribution in [2.45, 2.75) is 12.3 Å². The summed E-state index contributed by atoms with van der Waals surface area (Å²) in [5, 5.41) is 12.9. The highest BCUT2D eigenvalue weighted by Crippen LogP contribution is 2.43. The fraction of sp³-hybridized carbons (Fsp3) is 0.208. The van der Waals surface area contributed by atoms with E-state index in [0.717, 1.165) is 5.56 Å². The van der Waals surface area contributed by atoms with Crippen LogP contribution >= 0.6 is 0 Å². The third kappa shape index (κ3) is 4.64. The number of nitrogens with zero attached hydrogens (tertiary/aromatic N) is 1. The molecule has 0 bridgehead atoms. The molecule has 2 amide bonds. The van der Waals surface area contributed by atoms with Crippen LogP contribution in [0.1, 0.15) is 28.3 Å². The summed E-state index contributed by atoms with van der Waals surface area (Å²) in [6.07, 6.45) is 7.02. The largest absolute Gasteiger partial charge is 0.369 e. The summed E-state index contributed by atoms with van der Waals surface area (Å²) in [5.41, 5.74) is 5.63. The molecule has 30 heavy (non-hydrogen) atoms. The van der Waals surface area contributed by atoms with Gasteiger partial charge in [0.15, 0.2) is 0 Å². The van der Waals surface area contributed by atoms with Crippen molar-refractivity contribution >= 4 is 11.8 Å². The minimum Gasteiger partial charge on any atom is -0.369 e. The summed E-state index contributed by atoms with van der Waals surface area (Å²) in [4.78, 5) is 23.8. The molecule has 1 aliphatic rings. The van der Waals surface area contributed by atoms with Crippen LogP contribution in [0.4, 0.5) is 4.39 Å². The first-order valence-corrected chi connectivity index (χ1v) is 9.63. The number of hydrogen-bond acceptors (Lipinski definition) is 3. The number of nitrogens with two attached hydrogens (primary N) is 1. The van der Waals surface area contributed by atoms with Gasteiger partial charge >= 0.3 is 0 Å². The normalized spacial score (nSPS) is 20.9. The van der Waals surface area contributed by atoms with Crippen molar-refractivity contribution in [3.05, 3.63) is 95.8 Å². The second-order valence-corrected chi connectivity index (χ2v) is 7.21. The number of nitrogens with one attached hydrogen (secondary N) is 1. The summed E-state index contributed by atoms with van der Waals surface area (Å²) in [5.74, 6) is -2.01. The lowest BCUT2D eigenvalue weighted by Crippen LogP contribution is -2.32. The monoisotopic (exact) mass is 403 g/mol. The van der Waals surface area contributed by atoms with E-state index < -0.39 is 17.2 Å². The molecular formula is C24H22FN3O2. The van der Waals surface area contributed by atoms with Gasteiger partial charge in [0.05, 0.1) is 12.0 Å². The van der Waals surface area contributed by atoms with Gasteiger partial charge in [0.2, 0.25) is 5.91 Å². The number of rotatable bonds is 7. The van der Waals surface area contributed by atoms with E-state index in [9.17, 15) is 19.2 Å². The molecule has 0 heterocycles. The standard InChI is InChI=1S/C24H22FN3O2/c25-20-8-6-17(7-9-20)21(12-15-28-23(30)19-4-2-1-3-5-19)24(16-26)13-10-18(11-14-24)22(27)29/h1-11,13-14,18,21H,12,15H2,(H2,27,29)(H,28,30). The lowest BCUT2D eigenvalue weighted by molar-refractivity contribution is -0.119. The van der Waals surface area contributed by atoms with Crippen LogP contribution in [0.5, 0.6) is 0 Å². The van der Waals surface area contributed by atoms with Crippen LogP contribution in [0.2, 0.25) is 0 Å². The Balaban J connectivity index is 1.82. The predicted octanol–water partition coefficient (Wildman–Crippen LogP) is 3.47. The van der Waals surface area contributed by atoms with Gasteiger partial charge in [-0.2, -0.15) is 5.26 Å². The van der Waals surface area contributed by atoms with Crippen molar-refractivity contribution in [2.75, 3.05) is 6.54 Å². The van der Waals surface area contributed by atoms with E-state index in [1.54, 1.807) is 60.7 Å². The molecule has 0 aromatic heterocycles. The highest BCUT2D eigenvalue weighted by atomic mass is 19.1. The van der Waals surface area contributed by atoms with Crippen molar-refractivity contribution in [3.63, 3.8) is 0 Å². The Morgan fingerprint density at radius 2 is 1.73 bits per heavy atom. The van der Waals surface area contributed by atoms with E-state index in [-0.39, 0.29) is 17.6 Å². The van der Waals surface area contributed by atoms with E-state index in [2.05, 4.69) is 11.4 Å². The van der Waals surface area contributed by atoms with Gasteiger partial charge in [-0.1, -0.05) is 54.6 Å². The smallest absolute Gasteiger partial charge is 0.251 e. The highest BCUT2D eigenvalue weighted by Gasteiger charge is 2.37. The number of carbonyl (C=O) groups is 2. The minimum absolute atomic E-state index is 0.206. The van der Waals surface area contributed by atoms with Crippen molar-refractivity contribution in [1.82, 2.24) is 5.32 Å². The maximum atomic E-state index is 13.5. The number of carbonyl (C=O) groups excluding carboxylic acids is 2. The molecule has 0 aliphatic heterocycles. The summed E-state index contributed by atoms with van der Waals surface area (Å²) in [7, 11) is 0. The van der Waals surface area contributed by atoms with E-state index in [4.69, 9.17) is 5.73 Å². The lowest BCUT2D eigenvalue weighted by Gasteiger charge is -2.33. The third-order valence-electron chi connectivity index (χ3n) is 5.28. The molecule has 1 unspecified atom stereocenters. The Hall–Kier alpha value is -3.72. The zero-order valence-electron chi connectivity index (χ0n) is 16.3. The van der Waals surface area contributed by atoms with Gasteiger partial charge in [-0.3, -0.25) is 9.59 Å². The van der Waals surface area contributed by atoms with Gasteiger partial charge in [-0.15, -0.1) is 0 Å². The van der Waals surface area contributed by atoms with Crippen LogP contribution in [0.3, 0.4) is 0 Å². The molecule has 152 valence electrons. The topological polar surface area (TPSA) is 96.0 Å². The fourth-order valence-corrected chi connectivity index (χ4v) is 3.62. The van der Waals surface area contributed by atoms with E-state index in [1.165, 1.54) is 12.1 Å². The van der Waals surface area contributed by atoms with E-state index in [0.29, 0.717) is 18.5 Å². The van der Waals surface area contributed by atoms with Crippen LogP contribution in [-0.2, 0) is 4.79 Å². The fourth-order valence-electron chi connectivity index (χ4n) is 3.62. The Bertz CT molecular complexity index is 993. The number of hydrogen-bond donors (Lipinski definition) is 2. The van der Waals surface area contributed by atoms with Crippen LogP contribution < -0.4 is 11.1 Å². The van der Waals surface area contributed by atoms with E-state index in [1.807, 2.05) is 6.07 Å². The number of primary amides is 1. The molecule has 6 heteroatoms. The molecule has 1 aliphatic carbocycles. The maximum absolute atomic E-state index is 13.5. The number of nitriles is 1. The summed E-state index contributed by atoms with van der Waals surface area (Å²) in [6, 6.07) is 17.1. The predicted molar refractivity (Wildman–Crippen MR) is 112 cm³/mol. The number of halogens is 1. The zero-order chi connectivity index (χ0) is 21.6. The quantitative estimate of drug-likeness (QED) is 0.693. The van der Waals surface area contributed by atoms with Gasteiger partial charge in [-0.05, 0) is 36.2 Å². The van der Waals surface area contributed by atoms with Gasteiger partial charge in [0.1, 0.15) is 11.2 Å². The first-order valence-electron chi connectivity index (χ1n) is 9.63. The molecule has 0 saturated carbocycles. The molecule has 0 radical (unpaired) electrons. The van der Waals surface area contributed by atoms with Crippen LogP contribution in [0.15, 0.2) is 78.9 Å². The van der Waals surface area contributed by atoms with Crippen molar-refractivity contribution in [1.29, 1.82) is 5.26 Å². The van der Waals surface area contributed by atoms with Gasteiger partial charge < -0.3 is 11.1 Å². The van der Waals surface area contributed by atoms with Gasteiger partial charge in [-0.25, -0.2) is 4.39 Å². The average molecular weight is 403 g/mol. The maximum Gasteiger partial charge on any atom is 0.251 e. The number of benzene rings is 2. The molecule has 5 nitrogen and oxygen atoms in total. The van der Waals surface area contributed by atoms with Crippen molar-refractivity contribution < 1.29 is 14.0 Å². The van der Waals surface area contributed by atoms with E-state index >= 15 is 0 Å². The average Bonchev–Trinajstić information content (AvgIpc) is 2.78. The van der Waals surface area contributed by atoms with Crippen molar-refractivity contribution in [2.24, 2.45) is 17.1 Å². The summed E-state index contributed by atoms with van der Waals surface area (Å²) >= 11 is 0. The molecule has 2 aromatic rings. The Morgan fingerprint density at radius 3 is 2.30 bits per heavy atom. The van der Waals surface area contributed by atoms with Gasteiger partial charge in [0, 0.05) is 18.0 Å². The molecule has 0 fully saturated rings. The molecular weight excluding hydrogens is 381 g/mol.